The molecule has 4 heteroatoms. The van der Waals surface area contributed by atoms with Gasteiger partial charge in [-0.05, 0) is 23.7 Å². The molecule has 0 aliphatic carbocycles. The van der Waals surface area contributed by atoms with Crippen molar-refractivity contribution in [2.45, 2.75) is 86.7 Å². The van der Waals surface area contributed by atoms with Gasteiger partial charge in [0.2, 0.25) is 0 Å². The summed E-state index contributed by atoms with van der Waals surface area (Å²) in [4.78, 5) is 23.7. The summed E-state index contributed by atoms with van der Waals surface area (Å²) in [6.07, 6.45) is 3.09. The predicted octanol–water partition coefficient (Wildman–Crippen LogP) is 4.50. The van der Waals surface area contributed by atoms with Gasteiger partial charge in [0.1, 0.15) is 12.7 Å². The minimum absolute atomic E-state index is 0.0983. The van der Waals surface area contributed by atoms with E-state index >= 15 is 0 Å². The van der Waals surface area contributed by atoms with Crippen LogP contribution in [0.5, 0.6) is 0 Å². The SMILES string of the molecule is CCCCC(COC(=O)CC(C)(C)C)OC(=O)CC(C)(C)C. The molecule has 0 spiro atoms. The molecule has 0 aliphatic rings. The Labute approximate surface area is 135 Å². The molecule has 1 unspecified atom stereocenters. The molecule has 4 nitrogen and oxygen atoms in total. The number of carbonyl (C=O) groups is 2. The molecule has 0 amide bonds. The van der Waals surface area contributed by atoms with E-state index in [-0.39, 0.29) is 35.5 Å². The number of ether oxygens (including phenoxy) is 2. The van der Waals surface area contributed by atoms with E-state index in [1.54, 1.807) is 0 Å². The van der Waals surface area contributed by atoms with E-state index in [1.165, 1.54) is 0 Å². The van der Waals surface area contributed by atoms with Gasteiger partial charge in [-0.25, -0.2) is 0 Å². The fourth-order valence-electron chi connectivity index (χ4n) is 1.94. The third-order valence-corrected chi connectivity index (χ3v) is 2.96. The molecule has 0 fully saturated rings. The first kappa shape index (κ1) is 20.9. The van der Waals surface area contributed by atoms with Crippen molar-refractivity contribution >= 4 is 11.9 Å². The molecule has 0 aromatic heterocycles. The molecule has 130 valence electrons. The number of unbranched alkanes of at least 4 members (excludes halogenated alkanes) is 1. The highest BCUT2D eigenvalue weighted by Gasteiger charge is 2.23. The zero-order valence-corrected chi connectivity index (χ0v) is 15.5. The van der Waals surface area contributed by atoms with E-state index in [2.05, 4.69) is 6.92 Å². The highest BCUT2D eigenvalue weighted by Crippen LogP contribution is 2.21. The molecule has 0 saturated heterocycles. The largest absolute Gasteiger partial charge is 0.462 e. The van der Waals surface area contributed by atoms with Crippen LogP contribution in [0.2, 0.25) is 0 Å². The Hall–Kier alpha value is -1.06. The average molecular weight is 314 g/mol. The molecular weight excluding hydrogens is 280 g/mol. The zero-order chi connectivity index (χ0) is 17.4. The number of carbonyl (C=O) groups excluding carboxylic acids is 2. The minimum Gasteiger partial charge on any atom is -0.462 e. The summed E-state index contributed by atoms with van der Waals surface area (Å²) >= 11 is 0. The van der Waals surface area contributed by atoms with Crippen molar-refractivity contribution in [3.63, 3.8) is 0 Å². The van der Waals surface area contributed by atoms with Crippen LogP contribution in [0.25, 0.3) is 0 Å². The standard InChI is InChI=1S/C18H34O4/c1-8-9-10-14(22-16(20)12-18(5,6)7)13-21-15(19)11-17(2,3)4/h14H,8-13H2,1-7H3. The smallest absolute Gasteiger partial charge is 0.306 e. The summed E-state index contributed by atoms with van der Waals surface area (Å²) in [7, 11) is 0. The fourth-order valence-corrected chi connectivity index (χ4v) is 1.94. The van der Waals surface area contributed by atoms with E-state index in [0.29, 0.717) is 12.8 Å². The number of hydrogen-bond acceptors (Lipinski definition) is 4. The number of esters is 2. The number of rotatable bonds is 8. The summed E-state index contributed by atoms with van der Waals surface area (Å²) < 4.78 is 10.8. The normalized spacial score (nSPS) is 13.6. The van der Waals surface area contributed by atoms with Crippen LogP contribution in [0, 0.1) is 10.8 Å². The first-order valence-corrected chi connectivity index (χ1v) is 8.28. The van der Waals surface area contributed by atoms with Gasteiger partial charge in [-0.2, -0.15) is 0 Å². The van der Waals surface area contributed by atoms with Gasteiger partial charge in [0, 0.05) is 0 Å². The van der Waals surface area contributed by atoms with Crippen molar-refractivity contribution in [2.75, 3.05) is 6.61 Å². The molecule has 0 bridgehead atoms. The van der Waals surface area contributed by atoms with Gasteiger partial charge in [-0.15, -0.1) is 0 Å². The van der Waals surface area contributed by atoms with Gasteiger partial charge >= 0.3 is 11.9 Å². The van der Waals surface area contributed by atoms with Crippen molar-refractivity contribution in [3.8, 4) is 0 Å². The fraction of sp³-hybridized carbons (Fsp3) is 0.889. The van der Waals surface area contributed by atoms with Gasteiger partial charge in [0.15, 0.2) is 0 Å². The molecule has 0 radical (unpaired) electrons. The Morgan fingerprint density at radius 2 is 1.41 bits per heavy atom. The van der Waals surface area contributed by atoms with E-state index in [9.17, 15) is 9.59 Å². The second kappa shape index (κ2) is 9.16. The predicted molar refractivity (Wildman–Crippen MR) is 88.5 cm³/mol. The summed E-state index contributed by atoms with van der Waals surface area (Å²) in [5.41, 5.74) is -0.200. The minimum atomic E-state index is -0.335. The maximum Gasteiger partial charge on any atom is 0.306 e. The highest BCUT2D eigenvalue weighted by atomic mass is 16.6. The second-order valence-electron chi connectivity index (χ2n) is 8.41. The highest BCUT2D eigenvalue weighted by molar-refractivity contribution is 5.71. The molecule has 0 saturated carbocycles. The van der Waals surface area contributed by atoms with Gasteiger partial charge in [-0.1, -0.05) is 54.9 Å². The van der Waals surface area contributed by atoms with E-state index in [0.717, 1.165) is 19.3 Å². The van der Waals surface area contributed by atoms with Crippen LogP contribution in [0.1, 0.15) is 80.6 Å². The van der Waals surface area contributed by atoms with Crippen molar-refractivity contribution in [3.05, 3.63) is 0 Å². The van der Waals surface area contributed by atoms with Crippen LogP contribution in [-0.4, -0.2) is 24.6 Å². The molecule has 0 rings (SSSR count). The van der Waals surface area contributed by atoms with Crippen LogP contribution in [0.15, 0.2) is 0 Å². The lowest BCUT2D eigenvalue weighted by Gasteiger charge is -2.22. The molecular formula is C18H34O4. The monoisotopic (exact) mass is 314 g/mol. The van der Waals surface area contributed by atoms with Gasteiger partial charge in [0.05, 0.1) is 12.8 Å². The first-order chi connectivity index (χ1) is 9.93. The Balaban J connectivity index is 4.39. The van der Waals surface area contributed by atoms with Crippen molar-refractivity contribution in [1.82, 2.24) is 0 Å². The zero-order valence-electron chi connectivity index (χ0n) is 15.5. The van der Waals surface area contributed by atoms with E-state index in [1.807, 2.05) is 41.5 Å². The Morgan fingerprint density at radius 3 is 1.86 bits per heavy atom. The Morgan fingerprint density at radius 1 is 0.909 bits per heavy atom. The summed E-state index contributed by atoms with van der Waals surface area (Å²) in [6.45, 7) is 14.2. The van der Waals surface area contributed by atoms with Crippen LogP contribution >= 0.6 is 0 Å². The van der Waals surface area contributed by atoms with Crippen LogP contribution in [0.3, 0.4) is 0 Å². The third-order valence-electron chi connectivity index (χ3n) is 2.96. The third kappa shape index (κ3) is 12.7. The topological polar surface area (TPSA) is 52.6 Å². The van der Waals surface area contributed by atoms with Crippen molar-refractivity contribution < 1.29 is 19.1 Å². The van der Waals surface area contributed by atoms with Crippen LogP contribution in [0.4, 0.5) is 0 Å². The maximum atomic E-state index is 11.9. The molecule has 0 aliphatic heterocycles. The molecule has 0 aromatic rings. The molecule has 1 atom stereocenters. The lowest BCUT2D eigenvalue weighted by Crippen LogP contribution is -2.28. The van der Waals surface area contributed by atoms with Gasteiger partial charge < -0.3 is 9.47 Å². The molecule has 0 N–H and O–H groups in total. The lowest BCUT2D eigenvalue weighted by molar-refractivity contribution is -0.161. The van der Waals surface area contributed by atoms with Gasteiger partial charge in [0.25, 0.3) is 0 Å². The molecule has 22 heavy (non-hydrogen) atoms. The maximum absolute atomic E-state index is 11.9. The quantitative estimate of drug-likeness (QED) is 0.619. The summed E-state index contributed by atoms with van der Waals surface area (Å²) in [6, 6.07) is 0. The number of hydrogen-bond donors (Lipinski definition) is 0. The van der Waals surface area contributed by atoms with E-state index < -0.39 is 0 Å². The summed E-state index contributed by atoms with van der Waals surface area (Å²) in [5, 5.41) is 0. The van der Waals surface area contributed by atoms with Crippen LogP contribution in [-0.2, 0) is 19.1 Å². The second-order valence-corrected chi connectivity index (χ2v) is 8.41. The summed E-state index contributed by atoms with van der Waals surface area (Å²) in [5.74, 6) is -0.457. The Kier molecular flexibility index (Phi) is 8.72. The van der Waals surface area contributed by atoms with Crippen molar-refractivity contribution in [1.29, 1.82) is 0 Å². The van der Waals surface area contributed by atoms with Crippen LogP contribution < -0.4 is 0 Å². The van der Waals surface area contributed by atoms with E-state index in [4.69, 9.17) is 9.47 Å². The van der Waals surface area contributed by atoms with Crippen molar-refractivity contribution in [2.24, 2.45) is 10.8 Å². The average Bonchev–Trinajstić information content (AvgIpc) is 2.28. The van der Waals surface area contributed by atoms with Gasteiger partial charge in [-0.3, -0.25) is 9.59 Å². The lowest BCUT2D eigenvalue weighted by atomic mass is 9.92. The molecule has 0 aromatic carbocycles. The molecule has 0 heterocycles. The first-order valence-electron chi connectivity index (χ1n) is 8.28. The Bertz CT molecular complexity index is 347.